The molecule has 118 valence electrons. The number of carbonyl (C=O) groups is 2. The number of amides is 2. The summed E-state index contributed by atoms with van der Waals surface area (Å²) in [6, 6.07) is -1.01. The van der Waals surface area contributed by atoms with Crippen molar-refractivity contribution in [3.05, 3.63) is 0 Å². The second kappa shape index (κ2) is 6.92. The first-order valence-electron chi connectivity index (χ1n) is 6.24. The van der Waals surface area contributed by atoms with Crippen LogP contribution in [0.15, 0.2) is 0 Å². The topological polar surface area (TPSA) is 104 Å². The Kier molecular flexibility index (Phi) is 6.46. The molecule has 0 aromatic heterocycles. The Balaban J connectivity index is 4.63. The lowest BCUT2D eigenvalue weighted by Gasteiger charge is -2.32. The predicted molar refractivity (Wildman–Crippen MR) is 76.4 cm³/mol. The minimum absolute atomic E-state index is 0.0641. The fourth-order valence-electron chi connectivity index (χ4n) is 1.41. The number of nitrogens with zero attached hydrogens (tertiary/aromatic N) is 1. The van der Waals surface area contributed by atoms with Gasteiger partial charge in [-0.2, -0.15) is 0 Å². The van der Waals surface area contributed by atoms with E-state index in [9.17, 15) is 18.0 Å². The molecule has 0 bridgehead atoms. The molecule has 0 aliphatic heterocycles. The molecule has 1 unspecified atom stereocenters. The molecular formula is C12H24N2O5S. The molecule has 0 heterocycles. The molecule has 0 aliphatic carbocycles. The Morgan fingerprint density at radius 2 is 1.80 bits per heavy atom. The van der Waals surface area contributed by atoms with Crippen LogP contribution in [0.3, 0.4) is 0 Å². The molecule has 0 fully saturated rings. The van der Waals surface area contributed by atoms with E-state index in [-0.39, 0.29) is 18.7 Å². The maximum absolute atomic E-state index is 11.9. The third kappa shape index (κ3) is 7.98. The van der Waals surface area contributed by atoms with Crippen molar-refractivity contribution in [2.45, 2.75) is 33.2 Å². The van der Waals surface area contributed by atoms with Gasteiger partial charge in [0.2, 0.25) is 0 Å². The SMILES string of the molecule is CN(CCS(C)(=O)=O)C(=O)NC(CC(=O)O)C(C)(C)C. The van der Waals surface area contributed by atoms with Gasteiger partial charge in [-0.1, -0.05) is 20.8 Å². The van der Waals surface area contributed by atoms with E-state index in [4.69, 9.17) is 5.11 Å². The first-order valence-corrected chi connectivity index (χ1v) is 8.30. The van der Waals surface area contributed by atoms with Crippen LogP contribution >= 0.6 is 0 Å². The summed E-state index contributed by atoms with van der Waals surface area (Å²) in [6.45, 7) is 5.56. The zero-order valence-corrected chi connectivity index (χ0v) is 13.5. The molecule has 8 heteroatoms. The highest BCUT2D eigenvalue weighted by molar-refractivity contribution is 7.90. The standard InChI is InChI=1S/C12H24N2O5S/c1-12(2,3)9(8-10(15)16)13-11(17)14(4)6-7-20(5,18)19/h9H,6-8H2,1-5H3,(H,13,17)(H,15,16). The summed E-state index contributed by atoms with van der Waals surface area (Å²) < 4.78 is 22.1. The number of urea groups is 1. The highest BCUT2D eigenvalue weighted by Gasteiger charge is 2.29. The second-order valence-electron chi connectivity index (χ2n) is 6.02. The lowest BCUT2D eigenvalue weighted by molar-refractivity contribution is -0.138. The number of nitrogens with one attached hydrogen (secondary N) is 1. The van der Waals surface area contributed by atoms with Crippen molar-refractivity contribution in [1.29, 1.82) is 0 Å². The van der Waals surface area contributed by atoms with Gasteiger partial charge in [-0.05, 0) is 5.41 Å². The Hall–Kier alpha value is -1.31. The number of carbonyl (C=O) groups excluding carboxylic acids is 1. The van der Waals surface area contributed by atoms with Gasteiger partial charge in [0.1, 0.15) is 9.84 Å². The summed E-state index contributed by atoms with van der Waals surface area (Å²) in [5.41, 5.74) is -0.411. The number of hydrogen-bond acceptors (Lipinski definition) is 4. The number of carboxylic acid groups (broad SMARTS) is 1. The van der Waals surface area contributed by atoms with E-state index in [0.29, 0.717) is 0 Å². The first-order chi connectivity index (χ1) is 8.83. The van der Waals surface area contributed by atoms with Gasteiger partial charge in [0, 0.05) is 25.9 Å². The van der Waals surface area contributed by atoms with Gasteiger partial charge < -0.3 is 15.3 Å². The van der Waals surface area contributed by atoms with Gasteiger partial charge in [-0.3, -0.25) is 4.79 Å². The van der Waals surface area contributed by atoms with Gasteiger partial charge in [0.25, 0.3) is 0 Å². The average molecular weight is 308 g/mol. The number of hydrogen-bond donors (Lipinski definition) is 2. The molecule has 0 aromatic carbocycles. The summed E-state index contributed by atoms with van der Waals surface area (Å²) in [5.74, 6) is -1.13. The summed E-state index contributed by atoms with van der Waals surface area (Å²) in [6.07, 6.45) is 0.913. The fourth-order valence-corrected chi connectivity index (χ4v) is 2.02. The summed E-state index contributed by atoms with van der Waals surface area (Å²) in [5, 5.41) is 11.5. The van der Waals surface area contributed by atoms with E-state index in [0.717, 1.165) is 6.26 Å². The minimum Gasteiger partial charge on any atom is -0.481 e. The van der Waals surface area contributed by atoms with Crippen LogP contribution in [0.4, 0.5) is 4.79 Å². The van der Waals surface area contributed by atoms with E-state index in [1.165, 1.54) is 11.9 Å². The summed E-state index contributed by atoms with van der Waals surface area (Å²) in [4.78, 5) is 24.0. The zero-order valence-electron chi connectivity index (χ0n) is 12.6. The number of carboxylic acids is 1. The van der Waals surface area contributed by atoms with Crippen molar-refractivity contribution in [3.8, 4) is 0 Å². The molecule has 0 aliphatic rings. The van der Waals surface area contributed by atoms with Gasteiger partial charge >= 0.3 is 12.0 Å². The number of sulfone groups is 1. The molecule has 0 saturated carbocycles. The molecule has 0 rings (SSSR count). The van der Waals surface area contributed by atoms with Crippen molar-refractivity contribution in [2.24, 2.45) is 5.41 Å². The molecule has 0 spiro atoms. The van der Waals surface area contributed by atoms with E-state index >= 15 is 0 Å². The Morgan fingerprint density at radius 1 is 1.30 bits per heavy atom. The van der Waals surface area contributed by atoms with Crippen molar-refractivity contribution in [1.82, 2.24) is 10.2 Å². The van der Waals surface area contributed by atoms with Crippen LogP contribution < -0.4 is 5.32 Å². The second-order valence-corrected chi connectivity index (χ2v) is 8.28. The molecule has 2 amide bonds. The van der Waals surface area contributed by atoms with Gasteiger partial charge in [-0.25, -0.2) is 13.2 Å². The van der Waals surface area contributed by atoms with E-state index in [2.05, 4.69) is 5.32 Å². The highest BCUT2D eigenvalue weighted by Crippen LogP contribution is 2.22. The van der Waals surface area contributed by atoms with Crippen LogP contribution in [0.25, 0.3) is 0 Å². The molecule has 0 aromatic rings. The van der Waals surface area contributed by atoms with E-state index in [1.54, 1.807) is 0 Å². The maximum Gasteiger partial charge on any atom is 0.317 e. The highest BCUT2D eigenvalue weighted by atomic mass is 32.2. The fraction of sp³-hybridized carbons (Fsp3) is 0.833. The van der Waals surface area contributed by atoms with Crippen LogP contribution in [0, 0.1) is 5.41 Å². The van der Waals surface area contributed by atoms with Crippen LogP contribution in [0.5, 0.6) is 0 Å². The first kappa shape index (κ1) is 18.7. The molecule has 7 nitrogen and oxygen atoms in total. The summed E-state index contributed by atoms with van der Waals surface area (Å²) >= 11 is 0. The predicted octanol–water partition coefficient (Wildman–Crippen LogP) is 0.562. The smallest absolute Gasteiger partial charge is 0.317 e. The van der Waals surface area contributed by atoms with Crippen LogP contribution in [0.1, 0.15) is 27.2 Å². The number of rotatable bonds is 6. The molecule has 20 heavy (non-hydrogen) atoms. The monoisotopic (exact) mass is 308 g/mol. The third-order valence-electron chi connectivity index (χ3n) is 2.87. The van der Waals surface area contributed by atoms with E-state index < -0.39 is 33.3 Å². The van der Waals surface area contributed by atoms with Crippen molar-refractivity contribution < 1.29 is 23.1 Å². The average Bonchev–Trinajstić information content (AvgIpc) is 2.21. The lowest BCUT2D eigenvalue weighted by atomic mass is 9.85. The van der Waals surface area contributed by atoms with Crippen LogP contribution in [0.2, 0.25) is 0 Å². The third-order valence-corrected chi connectivity index (χ3v) is 3.79. The van der Waals surface area contributed by atoms with Crippen molar-refractivity contribution >= 4 is 21.8 Å². The van der Waals surface area contributed by atoms with Gasteiger partial charge in [-0.15, -0.1) is 0 Å². The normalized spacial score (nSPS) is 13.7. The van der Waals surface area contributed by atoms with Crippen molar-refractivity contribution in [2.75, 3.05) is 25.6 Å². The molecule has 2 N–H and O–H groups in total. The van der Waals surface area contributed by atoms with Gasteiger partial charge in [0.05, 0.1) is 12.2 Å². The molecular weight excluding hydrogens is 284 g/mol. The maximum atomic E-state index is 11.9. The lowest BCUT2D eigenvalue weighted by Crippen LogP contribution is -2.50. The van der Waals surface area contributed by atoms with Gasteiger partial charge in [0.15, 0.2) is 0 Å². The Bertz CT molecular complexity index is 453. The zero-order chi connectivity index (χ0) is 16.1. The molecule has 0 saturated heterocycles. The Morgan fingerprint density at radius 3 is 2.15 bits per heavy atom. The largest absolute Gasteiger partial charge is 0.481 e. The van der Waals surface area contributed by atoms with Crippen LogP contribution in [-0.4, -0.2) is 62.1 Å². The minimum atomic E-state index is -3.14. The number of aliphatic carboxylic acids is 1. The summed E-state index contributed by atoms with van der Waals surface area (Å²) in [7, 11) is -1.67. The molecule has 1 atom stereocenters. The quantitative estimate of drug-likeness (QED) is 0.746. The Labute approximate surface area is 120 Å². The van der Waals surface area contributed by atoms with Crippen molar-refractivity contribution in [3.63, 3.8) is 0 Å². The van der Waals surface area contributed by atoms with E-state index in [1.807, 2.05) is 20.8 Å². The molecule has 0 radical (unpaired) electrons. The van der Waals surface area contributed by atoms with Crippen LogP contribution in [-0.2, 0) is 14.6 Å².